The van der Waals surface area contributed by atoms with Gasteiger partial charge in [0.05, 0.1) is 17.9 Å². The highest BCUT2D eigenvalue weighted by atomic mass is 15.0. The van der Waals surface area contributed by atoms with Crippen molar-refractivity contribution >= 4 is 11.5 Å². The van der Waals surface area contributed by atoms with E-state index in [0.717, 1.165) is 18.0 Å². The molecule has 0 bridgehead atoms. The Hall–Kier alpha value is -1.12. The topological polar surface area (TPSA) is 50.7 Å². The van der Waals surface area contributed by atoms with Crippen LogP contribution in [0.5, 0.6) is 0 Å². The Morgan fingerprint density at radius 2 is 2.07 bits per heavy atom. The summed E-state index contributed by atoms with van der Waals surface area (Å²) in [7, 11) is 0. The number of hydrogen-bond donors (Lipinski definition) is 1. The highest BCUT2D eigenvalue weighted by molar-refractivity contribution is 6.00. The van der Waals surface area contributed by atoms with Crippen molar-refractivity contribution in [2.24, 2.45) is 21.1 Å². The van der Waals surface area contributed by atoms with Gasteiger partial charge in [0.2, 0.25) is 0 Å². The minimum Gasteiger partial charge on any atom is -0.387 e. The average molecular weight is 191 g/mol. The number of rotatable bonds is 0. The maximum atomic E-state index is 5.70. The molecular formula is C11H17N3. The second-order valence-corrected chi connectivity index (χ2v) is 5.01. The number of nitrogens with zero attached hydrogens (tertiary/aromatic N) is 2. The predicted molar refractivity (Wildman–Crippen MR) is 59.8 cm³/mol. The number of nitrogens with two attached hydrogens (primary N) is 1. The van der Waals surface area contributed by atoms with E-state index in [1.807, 2.05) is 0 Å². The molecule has 3 nitrogen and oxygen atoms in total. The molecule has 0 aromatic heterocycles. The molecule has 0 aromatic rings. The number of hydrogen-bond acceptors (Lipinski definition) is 3. The Morgan fingerprint density at radius 1 is 1.36 bits per heavy atom. The molecule has 0 aliphatic carbocycles. The Labute approximate surface area is 84.8 Å². The fourth-order valence-electron chi connectivity index (χ4n) is 1.81. The molecule has 76 valence electrons. The van der Waals surface area contributed by atoms with Crippen molar-refractivity contribution in [3.63, 3.8) is 0 Å². The van der Waals surface area contributed by atoms with Crippen molar-refractivity contribution in [3.05, 3.63) is 12.2 Å². The zero-order valence-corrected chi connectivity index (χ0v) is 8.99. The van der Waals surface area contributed by atoms with E-state index in [-0.39, 0.29) is 17.5 Å². The Bertz CT molecular complexity index is 331. The summed E-state index contributed by atoms with van der Waals surface area (Å²) < 4.78 is 0. The third-order valence-corrected chi connectivity index (χ3v) is 2.65. The van der Waals surface area contributed by atoms with Crippen molar-refractivity contribution in [3.8, 4) is 0 Å². The van der Waals surface area contributed by atoms with Gasteiger partial charge in [0, 0.05) is 17.5 Å². The normalized spacial score (nSPS) is 31.1. The van der Waals surface area contributed by atoms with Gasteiger partial charge in [-0.15, -0.1) is 0 Å². The van der Waals surface area contributed by atoms with Crippen LogP contribution < -0.4 is 5.73 Å². The maximum absolute atomic E-state index is 5.70. The van der Waals surface area contributed by atoms with Crippen LogP contribution in [0.1, 0.15) is 27.2 Å². The minimum absolute atomic E-state index is 0.124. The maximum Gasteiger partial charge on any atom is 0.0967 e. The molecule has 2 N–H and O–H groups in total. The molecule has 2 unspecified atom stereocenters. The molecule has 2 rings (SSSR count). The van der Waals surface area contributed by atoms with E-state index in [9.17, 15) is 0 Å². The predicted octanol–water partition coefficient (Wildman–Crippen LogP) is 1.54. The van der Waals surface area contributed by atoms with Crippen molar-refractivity contribution in [2.75, 3.05) is 0 Å². The average Bonchev–Trinajstić information content (AvgIpc) is 2.41. The van der Waals surface area contributed by atoms with E-state index in [2.05, 4.69) is 37.9 Å². The van der Waals surface area contributed by atoms with Crippen molar-refractivity contribution in [1.82, 2.24) is 0 Å². The second kappa shape index (κ2) is 2.94. The summed E-state index contributed by atoms with van der Waals surface area (Å²) in [4.78, 5) is 9.03. The van der Waals surface area contributed by atoms with Crippen LogP contribution in [0.4, 0.5) is 0 Å². The van der Waals surface area contributed by atoms with Gasteiger partial charge in [-0.1, -0.05) is 26.8 Å². The van der Waals surface area contributed by atoms with E-state index in [1.54, 1.807) is 0 Å². The van der Waals surface area contributed by atoms with Gasteiger partial charge in [0.15, 0.2) is 0 Å². The van der Waals surface area contributed by atoms with Crippen LogP contribution in [0, 0.1) is 5.41 Å². The first-order chi connectivity index (χ1) is 6.47. The first-order valence-electron chi connectivity index (χ1n) is 5.05. The lowest BCUT2D eigenvalue weighted by atomic mass is 9.87. The fourth-order valence-corrected chi connectivity index (χ4v) is 1.81. The van der Waals surface area contributed by atoms with E-state index in [1.165, 1.54) is 0 Å². The van der Waals surface area contributed by atoms with Crippen LogP contribution in [0.3, 0.4) is 0 Å². The number of amidine groups is 1. The van der Waals surface area contributed by atoms with Gasteiger partial charge < -0.3 is 5.73 Å². The number of dihydropyridines is 1. The van der Waals surface area contributed by atoms with Crippen LogP contribution in [0.2, 0.25) is 0 Å². The molecule has 0 amide bonds. The Kier molecular flexibility index (Phi) is 1.98. The minimum atomic E-state index is 0.124. The summed E-state index contributed by atoms with van der Waals surface area (Å²) in [6.45, 7) is 6.53. The highest BCUT2D eigenvalue weighted by Gasteiger charge is 2.30. The van der Waals surface area contributed by atoms with Gasteiger partial charge in [0.25, 0.3) is 0 Å². The highest BCUT2D eigenvalue weighted by Crippen LogP contribution is 2.26. The molecular weight excluding hydrogens is 174 g/mol. The molecule has 14 heavy (non-hydrogen) atoms. The van der Waals surface area contributed by atoms with Gasteiger partial charge in [-0.2, -0.15) is 0 Å². The molecule has 2 aliphatic rings. The third-order valence-electron chi connectivity index (χ3n) is 2.65. The smallest absolute Gasteiger partial charge is 0.0967 e. The molecule has 0 saturated heterocycles. The lowest BCUT2D eigenvalue weighted by Crippen LogP contribution is -2.28. The quantitative estimate of drug-likeness (QED) is 0.620. The van der Waals surface area contributed by atoms with Crippen molar-refractivity contribution in [1.29, 1.82) is 0 Å². The third kappa shape index (κ3) is 1.59. The van der Waals surface area contributed by atoms with Gasteiger partial charge in [-0.25, -0.2) is 0 Å². The van der Waals surface area contributed by atoms with Gasteiger partial charge in [-0.3, -0.25) is 9.98 Å². The first-order valence-corrected chi connectivity index (χ1v) is 5.05. The van der Waals surface area contributed by atoms with Crippen LogP contribution in [-0.4, -0.2) is 23.6 Å². The van der Waals surface area contributed by atoms with Gasteiger partial charge in [-0.05, 0) is 6.08 Å². The van der Waals surface area contributed by atoms with E-state index < -0.39 is 0 Å². The zero-order chi connectivity index (χ0) is 10.3. The molecule has 0 fully saturated rings. The van der Waals surface area contributed by atoms with Crippen LogP contribution in [-0.2, 0) is 0 Å². The first kappa shape index (κ1) is 9.44. The summed E-state index contributed by atoms with van der Waals surface area (Å²) in [5.74, 6) is 0.739. The molecule has 3 heteroatoms. The summed E-state index contributed by atoms with van der Waals surface area (Å²) in [5, 5.41) is 0. The Morgan fingerprint density at radius 3 is 2.71 bits per heavy atom. The fraction of sp³-hybridized carbons (Fsp3) is 0.636. The van der Waals surface area contributed by atoms with Crippen LogP contribution in [0.25, 0.3) is 0 Å². The van der Waals surface area contributed by atoms with E-state index in [4.69, 9.17) is 10.7 Å². The lowest BCUT2D eigenvalue weighted by molar-refractivity contribution is 0.568. The van der Waals surface area contributed by atoms with Gasteiger partial charge in [0.1, 0.15) is 0 Å². The lowest BCUT2D eigenvalue weighted by Gasteiger charge is -2.25. The number of allylic oxidation sites excluding steroid dienone is 1. The standard InChI is InChI=1S/C11H17N3/c1-11(2,3)9-5-4-7-8(13-9)6-10(12)14-7/h4-5,7-8H,6H2,1-3H3,(H2,12,14). The summed E-state index contributed by atoms with van der Waals surface area (Å²) in [5.41, 5.74) is 6.98. The Balaban J connectivity index is 2.22. The van der Waals surface area contributed by atoms with Crippen molar-refractivity contribution in [2.45, 2.75) is 39.3 Å². The van der Waals surface area contributed by atoms with E-state index in [0.29, 0.717) is 0 Å². The molecule has 2 atom stereocenters. The molecule has 0 spiro atoms. The van der Waals surface area contributed by atoms with Gasteiger partial charge >= 0.3 is 0 Å². The van der Waals surface area contributed by atoms with Crippen molar-refractivity contribution < 1.29 is 0 Å². The molecule has 0 saturated carbocycles. The molecule has 2 heterocycles. The molecule has 0 radical (unpaired) electrons. The molecule has 2 aliphatic heterocycles. The number of aliphatic imine (C=N–C) groups is 2. The number of fused-ring (bicyclic) bond motifs is 1. The summed E-state index contributed by atoms with van der Waals surface area (Å²) in [6, 6.07) is 0.454. The molecule has 0 aromatic carbocycles. The largest absolute Gasteiger partial charge is 0.387 e. The summed E-state index contributed by atoms with van der Waals surface area (Å²) >= 11 is 0. The SMILES string of the molecule is CC(C)(C)C1=NC2CC(N)=NC2C=C1. The second-order valence-electron chi connectivity index (χ2n) is 5.01. The van der Waals surface area contributed by atoms with Crippen LogP contribution in [0.15, 0.2) is 22.1 Å². The zero-order valence-electron chi connectivity index (χ0n) is 8.99. The monoisotopic (exact) mass is 191 g/mol. The van der Waals surface area contributed by atoms with E-state index >= 15 is 0 Å². The summed E-state index contributed by atoms with van der Waals surface area (Å²) in [6.07, 6.45) is 5.02. The van der Waals surface area contributed by atoms with Crippen LogP contribution >= 0.6 is 0 Å².